The zero-order valence-corrected chi connectivity index (χ0v) is 11.6. The molecule has 0 radical (unpaired) electrons. The average molecular weight is 260 g/mol. The Kier molecular flexibility index (Phi) is 4.93. The van der Waals surface area contributed by atoms with Crippen molar-refractivity contribution in [2.45, 2.75) is 32.8 Å². The van der Waals surface area contributed by atoms with E-state index in [2.05, 4.69) is 6.58 Å². The topological polar surface area (TPSA) is 46.5 Å². The fraction of sp³-hybridized carbons (Fsp3) is 0.312. The van der Waals surface area contributed by atoms with Gasteiger partial charge in [-0.3, -0.25) is 0 Å². The Morgan fingerprint density at radius 3 is 2.42 bits per heavy atom. The molecular formula is C16H20O3. The van der Waals surface area contributed by atoms with Gasteiger partial charge in [0.2, 0.25) is 0 Å². The monoisotopic (exact) mass is 260 g/mol. The molecule has 0 fully saturated rings. The van der Waals surface area contributed by atoms with E-state index in [4.69, 9.17) is 9.84 Å². The maximum absolute atomic E-state index is 11.7. The number of phenolic OH excluding ortho intramolecular Hbond substituents is 1. The molecule has 0 spiro atoms. The number of carbonyl (C=O) groups is 1. The fourth-order valence-electron chi connectivity index (χ4n) is 1.36. The number of benzene rings is 1. The highest BCUT2D eigenvalue weighted by Crippen LogP contribution is 2.14. The summed E-state index contributed by atoms with van der Waals surface area (Å²) < 4.78 is 5.21. The summed E-state index contributed by atoms with van der Waals surface area (Å²) in [6.07, 6.45) is 4.16. The summed E-state index contributed by atoms with van der Waals surface area (Å²) in [5, 5.41) is 9.15. The van der Waals surface area contributed by atoms with Gasteiger partial charge in [-0.1, -0.05) is 30.9 Å². The maximum atomic E-state index is 11.7. The number of hydrogen-bond donors (Lipinski definition) is 1. The molecular weight excluding hydrogens is 240 g/mol. The number of hydrogen-bond acceptors (Lipinski definition) is 3. The lowest BCUT2D eigenvalue weighted by molar-refractivity contribution is -0.149. The molecule has 0 amide bonds. The van der Waals surface area contributed by atoms with E-state index < -0.39 is 5.60 Å². The number of phenols is 1. The molecule has 0 aliphatic heterocycles. The molecule has 0 unspecified atom stereocenters. The molecule has 3 nitrogen and oxygen atoms in total. The minimum absolute atomic E-state index is 0.232. The van der Waals surface area contributed by atoms with Gasteiger partial charge in [-0.05, 0) is 44.9 Å². The second kappa shape index (κ2) is 6.23. The first kappa shape index (κ1) is 15.0. The van der Waals surface area contributed by atoms with Gasteiger partial charge in [0.25, 0.3) is 0 Å². The lowest BCUT2D eigenvalue weighted by Crippen LogP contribution is -2.24. The third kappa shape index (κ3) is 5.91. The second-order valence-corrected chi connectivity index (χ2v) is 5.30. The van der Waals surface area contributed by atoms with Gasteiger partial charge in [0.15, 0.2) is 0 Å². The second-order valence-electron chi connectivity index (χ2n) is 5.30. The highest BCUT2D eigenvalue weighted by Gasteiger charge is 2.17. The van der Waals surface area contributed by atoms with E-state index in [1.807, 2.05) is 32.9 Å². The molecule has 0 heterocycles. The van der Waals surface area contributed by atoms with Gasteiger partial charge >= 0.3 is 5.97 Å². The minimum Gasteiger partial charge on any atom is -0.508 e. The van der Waals surface area contributed by atoms with E-state index in [1.165, 1.54) is 0 Å². The molecule has 102 valence electrons. The third-order valence-corrected chi connectivity index (χ3v) is 2.26. The highest BCUT2D eigenvalue weighted by molar-refractivity contribution is 5.88. The molecule has 1 aromatic carbocycles. The molecule has 0 aromatic heterocycles. The molecule has 0 atom stereocenters. The Balaban J connectivity index is 2.50. The largest absolute Gasteiger partial charge is 0.508 e. The van der Waals surface area contributed by atoms with Gasteiger partial charge in [-0.2, -0.15) is 0 Å². The van der Waals surface area contributed by atoms with Crippen LogP contribution < -0.4 is 0 Å². The lowest BCUT2D eigenvalue weighted by atomic mass is 10.1. The SMILES string of the molecule is C=C(CC=Cc1ccc(O)cc1)C(=O)OC(C)(C)C. The average Bonchev–Trinajstić information content (AvgIpc) is 2.29. The Morgan fingerprint density at radius 2 is 1.89 bits per heavy atom. The van der Waals surface area contributed by atoms with Crippen LogP contribution in [0.15, 0.2) is 42.5 Å². The Hall–Kier alpha value is -2.03. The van der Waals surface area contributed by atoms with Crippen molar-refractivity contribution < 1.29 is 14.6 Å². The van der Waals surface area contributed by atoms with Crippen molar-refractivity contribution in [2.75, 3.05) is 0 Å². The van der Waals surface area contributed by atoms with Crippen LogP contribution in [0.5, 0.6) is 5.75 Å². The number of ether oxygens (including phenoxy) is 1. The van der Waals surface area contributed by atoms with Gasteiger partial charge in [-0.15, -0.1) is 0 Å². The van der Waals surface area contributed by atoms with Crippen molar-refractivity contribution in [3.63, 3.8) is 0 Å². The van der Waals surface area contributed by atoms with Gasteiger partial charge in [-0.25, -0.2) is 4.79 Å². The predicted octanol–water partition coefficient (Wildman–Crippen LogP) is 3.69. The normalized spacial score (nSPS) is 11.5. The standard InChI is InChI=1S/C16H20O3/c1-12(15(18)19-16(2,3)4)6-5-7-13-8-10-14(17)11-9-13/h5,7-11,17H,1,6H2,2-4H3. The third-order valence-electron chi connectivity index (χ3n) is 2.26. The fourth-order valence-corrected chi connectivity index (χ4v) is 1.36. The van der Waals surface area contributed by atoms with Gasteiger partial charge in [0.1, 0.15) is 11.4 Å². The Morgan fingerprint density at radius 1 is 1.32 bits per heavy atom. The van der Waals surface area contributed by atoms with Gasteiger partial charge < -0.3 is 9.84 Å². The van der Waals surface area contributed by atoms with Crippen LogP contribution in [0.2, 0.25) is 0 Å². The Bertz CT molecular complexity index is 476. The van der Waals surface area contributed by atoms with Crippen molar-refractivity contribution in [2.24, 2.45) is 0 Å². The summed E-state index contributed by atoms with van der Waals surface area (Å²) in [6.45, 7) is 9.19. The van der Waals surface area contributed by atoms with Crippen molar-refractivity contribution in [3.05, 3.63) is 48.1 Å². The Labute approximate surface area is 114 Å². The quantitative estimate of drug-likeness (QED) is 0.663. The molecule has 19 heavy (non-hydrogen) atoms. The van der Waals surface area contributed by atoms with Crippen LogP contribution in [0.1, 0.15) is 32.8 Å². The summed E-state index contributed by atoms with van der Waals surface area (Å²) in [7, 11) is 0. The minimum atomic E-state index is -0.499. The first-order valence-corrected chi connectivity index (χ1v) is 6.14. The summed E-state index contributed by atoms with van der Waals surface area (Å²) in [6, 6.07) is 6.81. The van der Waals surface area contributed by atoms with Crippen molar-refractivity contribution in [1.82, 2.24) is 0 Å². The van der Waals surface area contributed by atoms with Crippen LogP contribution in [0, 0.1) is 0 Å². The molecule has 3 heteroatoms. The van der Waals surface area contributed by atoms with Crippen molar-refractivity contribution in [1.29, 1.82) is 0 Å². The summed E-state index contributed by atoms with van der Waals surface area (Å²) in [5.41, 5.74) is 0.875. The highest BCUT2D eigenvalue weighted by atomic mass is 16.6. The lowest BCUT2D eigenvalue weighted by Gasteiger charge is -2.19. The molecule has 1 N–H and O–H groups in total. The van der Waals surface area contributed by atoms with E-state index in [1.54, 1.807) is 24.3 Å². The molecule has 0 saturated carbocycles. The van der Waals surface area contributed by atoms with Crippen molar-refractivity contribution in [3.8, 4) is 5.75 Å². The molecule has 0 aliphatic carbocycles. The van der Waals surface area contributed by atoms with Crippen LogP contribution in [-0.4, -0.2) is 16.7 Å². The van der Waals surface area contributed by atoms with E-state index in [9.17, 15) is 4.79 Å². The van der Waals surface area contributed by atoms with E-state index in [-0.39, 0.29) is 11.7 Å². The molecule has 0 saturated heterocycles. The van der Waals surface area contributed by atoms with Crippen molar-refractivity contribution >= 4 is 12.0 Å². The summed E-state index contributed by atoms with van der Waals surface area (Å²) in [4.78, 5) is 11.7. The van der Waals surface area contributed by atoms with Crippen LogP contribution in [0.4, 0.5) is 0 Å². The zero-order chi connectivity index (χ0) is 14.5. The van der Waals surface area contributed by atoms with E-state index in [0.29, 0.717) is 12.0 Å². The van der Waals surface area contributed by atoms with E-state index >= 15 is 0 Å². The predicted molar refractivity (Wildman–Crippen MR) is 76.7 cm³/mol. The number of allylic oxidation sites excluding steroid dienone is 1. The number of carbonyl (C=O) groups excluding carboxylic acids is 1. The smallest absolute Gasteiger partial charge is 0.334 e. The summed E-state index contributed by atoms with van der Waals surface area (Å²) >= 11 is 0. The maximum Gasteiger partial charge on any atom is 0.334 e. The van der Waals surface area contributed by atoms with Crippen LogP contribution in [0.3, 0.4) is 0 Å². The summed E-state index contributed by atoms with van der Waals surface area (Å²) in [5.74, 6) is -0.141. The number of esters is 1. The zero-order valence-electron chi connectivity index (χ0n) is 11.6. The first-order valence-electron chi connectivity index (χ1n) is 6.14. The van der Waals surface area contributed by atoms with Crippen LogP contribution in [-0.2, 0) is 9.53 Å². The first-order chi connectivity index (χ1) is 8.78. The van der Waals surface area contributed by atoms with Gasteiger partial charge in [0, 0.05) is 5.57 Å². The van der Waals surface area contributed by atoms with Crippen LogP contribution in [0.25, 0.3) is 6.08 Å². The number of rotatable bonds is 4. The molecule has 1 rings (SSSR count). The number of aromatic hydroxyl groups is 1. The molecule has 0 bridgehead atoms. The molecule has 1 aromatic rings. The van der Waals surface area contributed by atoms with Crippen LogP contribution >= 0.6 is 0 Å². The van der Waals surface area contributed by atoms with Gasteiger partial charge in [0.05, 0.1) is 0 Å². The van der Waals surface area contributed by atoms with E-state index in [0.717, 1.165) is 5.56 Å². The molecule has 0 aliphatic rings.